The lowest BCUT2D eigenvalue weighted by atomic mass is 9.70. The number of imidazole rings is 1. The van der Waals surface area contributed by atoms with Gasteiger partial charge >= 0.3 is 5.97 Å². The van der Waals surface area contributed by atoms with Gasteiger partial charge in [-0.1, -0.05) is 20.8 Å². The molecule has 3 aromatic heterocycles. The van der Waals surface area contributed by atoms with Gasteiger partial charge in [0.25, 0.3) is 5.56 Å². The van der Waals surface area contributed by atoms with Crippen LogP contribution in [0.3, 0.4) is 0 Å². The number of carboxylic acids is 1. The van der Waals surface area contributed by atoms with Crippen molar-refractivity contribution >= 4 is 11.6 Å². The van der Waals surface area contributed by atoms with E-state index in [9.17, 15) is 14.7 Å². The number of fused-ring (bicyclic) bond motifs is 5. The van der Waals surface area contributed by atoms with Gasteiger partial charge in [0.2, 0.25) is 5.75 Å². The van der Waals surface area contributed by atoms with Gasteiger partial charge < -0.3 is 19.1 Å². The number of hydrogen-bond acceptors (Lipinski definition) is 5. The maximum absolute atomic E-state index is 12.8. The van der Waals surface area contributed by atoms with Gasteiger partial charge in [0.15, 0.2) is 11.4 Å². The molecule has 0 bridgehead atoms. The van der Waals surface area contributed by atoms with Crippen LogP contribution in [0.4, 0.5) is 0 Å². The highest BCUT2D eigenvalue weighted by atomic mass is 16.5. The first-order valence-corrected chi connectivity index (χ1v) is 9.69. The molecule has 0 radical (unpaired) electrons. The Morgan fingerprint density at radius 1 is 1.27 bits per heavy atom. The van der Waals surface area contributed by atoms with E-state index in [1.807, 2.05) is 16.7 Å². The fourth-order valence-corrected chi connectivity index (χ4v) is 4.40. The molecule has 0 aliphatic heterocycles. The molecule has 8 heteroatoms. The van der Waals surface area contributed by atoms with Crippen molar-refractivity contribution in [1.29, 1.82) is 0 Å². The molecule has 1 aliphatic carbocycles. The van der Waals surface area contributed by atoms with Gasteiger partial charge in [-0.05, 0) is 29.4 Å². The van der Waals surface area contributed by atoms with Gasteiger partial charge in [0, 0.05) is 19.3 Å². The highest BCUT2D eigenvalue weighted by Crippen LogP contribution is 2.48. The van der Waals surface area contributed by atoms with Gasteiger partial charge in [-0.2, -0.15) is 0 Å². The summed E-state index contributed by atoms with van der Waals surface area (Å²) >= 11 is 0. The zero-order valence-electron chi connectivity index (χ0n) is 17.9. The molecule has 0 amide bonds. The molecule has 0 spiro atoms. The lowest BCUT2D eigenvalue weighted by molar-refractivity contribution is 0.0694. The fraction of sp³-hybridized carbons (Fsp3) is 0.409. The third kappa shape index (κ3) is 2.70. The summed E-state index contributed by atoms with van der Waals surface area (Å²) in [6.45, 7) is 6.35. The Morgan fingerprint density at radius 2 is 1.97 bits per heavy atom. The smallest absolute Gasteiger partial charge is 0.341 e. The Morgan fingerprint density at radius 3 is 2.53 bits per heavy atom. The van der Waals surface area contributed by atoms with Crippen molar-refractivity contribution in [2.45, 2.75) is 33.1 Å². The van der Waals surface area contributed by atoms with Gasteiger partial charge in [0.1, 0.15) is 11.3 Å². The van der Waals surface area contributed by atoms with E-state index in [1.165, 1.54) is 10.6 Å². The van der Waals surface area contributed by atoms with E-state index < -0.39 is 11.5 Å². The maximum Gasteiger partial charge on any atom is 0.341 e. The number of pyridine rings is 2. The summed E-state index contributed by atoms with van der Waals surface area (Å²) in [4.78, 5) is 29.3. The number of methoxy groups -OCH3 is 2. The van der Waals surface area contributed by atoms with Crippen LogP contribution in [0.5, 0.6) is 11.5 Å². The van der Waals surface area contributed by atoms with E-state index >= 15 is 0 Å². The maximum atomic E-state index is 12.8. The van der Waals surface area contributed by atoms with E-state index in [-0.39, 0.29) is 16.9 Å². The van der Waals surface area contributed by atoms with E-state index in [4.69, 9.17) is 14.5 Å². The van der Waals surface area contributed by atoms with Crippen LogP contribution < -0.4 is 15.0 Å². The Bertz CT molecular complexity index is 1250. The zero-order valence-corrected chi connectivity index (χ0v) is 17.9. The van der Waals surface area contributed by atoms with Crippen LogP contribution in [0.25, 0.3) is 17.0 Å². The van der Waals surface area contributed by atoms with E-state index in [2.05, 4.69) is 20.8 Å². The predicted molar refractivity (Wildman–Crippen MR) is 112 cm³/mol. The van der Waals surface area contributed by atoms with Crippen LogP contribution in [0.15, 0.2) is 23.1 Å². The second-order valence-electron chi connectivity index (χ2n) is 8.67. The Hall–Kier alpha value is -3.29. The summed E-state index contributed by atoms with van der Waals surface area (Å²) in [7, 11) is 4.73. The highest BCUT2D eigenvalue weighted by Gasteiger charge is 2.38. The first-order valence-electron chi connectivity index (χ1n) is 9.69. The summed E-state index contributed by atoms with van der Waals surface area (Å²) in [5.41, 5.74) is 2.74. The van der Waals surface area contributed by atoms with Crippen LogP contribution in [-0.4, -0.2) is 39.2 Å². The number of ether oxygens (including phenoxy) is 2. The van der Waals surface area contributed by atoms with Crippen molar-refractivity contribution < 1.29 is 19.4 Å². The van der Waals surface area contributed by atoms with Crippen LogP contribution in [0, 0.1) is 5.41 Å². The Balaban J connectivity index is 2.14. The van der Waals surface area contributed by atoms with Gasteiger partial charge in [0.05, 0.1) is 25.6 Å². The minimum Gasteiger partial charge on any atom is -0.493 e. The number of aromatic carboxylic acids is 1. The molecular formula is C22H25N3O5. The summed E-state index contributed by atoms with van der Waals surface area (Å²) in [5.74, 6) is -0.151. The van der Waals surface area contributed by atoms with Gasteiger partial charge in [-0.25, -0.2) is 9.78 Å². The average Bonchev–Trinajstić information content (AvgIpc) is 3.06. The molecule has 4 rings (SSSR count). The van der Waals surface area contributed by atoms with Crippen LogP contribution in [0.2, 0.25) is 0 Å². The Kier molecular flexibility index (Phi) is 4.41. The number of hydrogen-bond donors (Lipinski definition) is 1. The van der Waals surface area contributed by atoms with Crippen molar-refractivity contribution in [2.75, 3.05) is 14.2 Å². The molecular weight excluding hydrogens is 386 g/mol. The number of nitrogens with zero attached hydrogens (tertiary/aromatic N) is 3. The van der Waals surface area contributed by atoms with Crippen molar-refractivity contribution in [1.82, 2.24) is 14.0 Å². The van der Waals surface area contributed by atoms with Crippen LogP contribution >= 0.6 is 0 Å². The first kappa shape index (κ1) is 20.0. The molecule has 0 saturated carbocycles. The molecule has 158 valence electrons. The Labute approximate surface area is 173 Å². The molecule has 0 aromatic carbocycles. The normalized spacial score (nSPS) is 15.6. The van der Waals surface area contributed by atoms with Crippen molar-refractivity contribution in [3.05, 3.63) is 45.5 Å². The van der Waals surface area contributed by atoms with E-state index in [0.29, 0.717) is 35.0 Å². The monoisotopic (exact) mass is 411 g/mol. The molecule has 1 N–H and O–H groups in total. The summed E-state index contributed by atoms with van der Waals surface area (Å²) in [5, 5.41) is 9.55. The molecule has 3 aromatic rings. The fourth-order valence-electron chi connectivity index (χ4n) is 4.40. The molecule has 1 aliphatic rings. The van der Waals surface area contributed by atoms with E-state index in [1.54, 1.807) is 21.3 Å². The summed E-state index contributed by atoms with van der Waals surface area (Å²) in [6.07, 6.45) is 2.54. The summed E-state index contributed by atoms with van der Waals surface area (Å²) < 4.78 is 14.3. The topological polar surface area (TPSA) is 95.1 Å². The quantitative estimate of drug-likeness (QED) is 0.712. The van der Waals surface area contributed by atoms with Crippen molar-refractivity contribution in [3.8, 4) is 22.9 Å². The highest BCUT2D eigenvalue weighted by molar-refractivity contribution is 5.88. The van der Waals surface area contributed by atoms with Crippen LogP contribution in [-0.2, 0) is 13.5 Å². The molecule has 0 saturated heterocycles. The third-order valence-electron chi connectivity index (χ3n) is 5.95. The second kappa shape index (κ2) is 6.62. The summed E-state index contributed by atoms with van der Waals surface area (Å²) in [6, 6.07) is 3.35. The molecule has 0 fully saturated rings. The lowest BCUT2D eigenvalue weighted by Crippen LogP contribution is -2.32. The minimum atomic E-state index is -1.22. The van der Waals surface area contributed by atoms with Gasteiger partial charge in [-0.3, -0.25) is 9.20 Å². The molecule has 8 nitrogen and oxygen atoms in total. The molecule has 30 heavy (non-hydrogen) atoms. The zero-order chi connectivity index (χ0) is 22.0. The van der Waals surface area contributed by atoms with Crippen LogP contribution in [0.1, 0.15) is 48.3 Å². The lowest BCUT2D eigenvalue weighted by Gasteiger charge is -2.36. The first-order chi connectivity index (χ1) is 14.1. The predicted octanol–water partition coefficient (Wildman–Crippen LogP) is 3.10. The SMILES string of the molecule is COc1ccn2c3c(nc2c1OC)-c1c(cc(C(=O)O)c(=O)n1C)[C@@H](C(C)(C)C)C3. The standard InChI is InChI=1S/C22H25N3O5/c1-22(2,3)13-10-14-16(17-11(13)9-12(21(27)28)20(26)24(17)4)23-19-18(30-6)15(29-5)7-8-25(14)19/h7-9,13H,10H2,1-6H3,(H,27,28)/t13-/m0/s1. The van der Waals surface area contributed by atoms with E-state index in [0.717, 1.165) is 11.3 Å². The van der Waals surface area contributed by atoms with Crippen molar-refractivity contribution in [2.24, 2.45) is 12.5 Å². The van der Waals surface area contributed by atoms with Gasteiger partial charge in [-0.15, -0.1) is 0 Å². The average molecular weight is 411 g/mol. The third-order valence-corrected chi connectivity index (χ3v) is 5.95. The number of rotatable bonds is 3. The molecule has 3 heterocycles. The number of carboxylic acid groups (broad SMARTS) is 1. The molecule has 0 unspecified atom stereocenters. The largest absolute Gasteiger partial charge is 0.493 e. The second-order valence-corrected chi connectivity index (χ2v) is 8.67. The number of carbonyl (C=O) groups is 1. The number of aromatic nitrogens is 3. The molecule has 1 atom stereocenters. The van der Waals surface area contributed by atoms with Crippen molar-refractivity contribution in [3.63, 3.8) is 0 Å². The minimum absolute atomic E-state index is 0.00195.